The molecule has 4 saturated carbocycles. The summed E-state index contributed by atoms with van der Waals surface area (Å²) in [5, 5.41) is 12.1. The zero-order valence-corrected chi connectivity index (χ0v) is 29.1. The lowest BCUT2D eigenvalue weighted by Crippen LogP contribution is -2.57. The van der Waals surface area contributed by atoms with E-state index < -0.39 is 23.2 Å². The monoisotopic (exact) mass is 613 g/mol. The molecule has 8 heteroatoms. The lowest BCUT2D eigenvalue weighted by molar-refractivity contribution is -0.160. The average Bonchev–Trinajstić information content (AvgIpc) is 3.40. The minimum Gasteiger partial charge on any atom is -0.508 e. The standard InChI is InChI=1S/C36H59N3O5/c1-10-38(11-2)15-13-14-24(4)37-26(19-35-18-25-16-33(8,21-35)20-34(9,17-25)22-35)27-28(40)36(31(42)43-12-3)23-44-30(32(5,6)7)39(36)29(27)41/h24-25,30,40H,10-23H2,1-9H3/t24?,25?,30-,33?,34?,35?,36-/m1/s1. The van der Waals surface area contributed by atoms with E-state index in [1.807, 2.05) is 20.8 Å². The van der Waals surface area contributed by atoms with E-state index in [-0.39, 0.29) is 41.9 Å². The largest absolute Gasteiger partial charge is 0.508 e. The van der Waals surface area contributed by atoms with E-state index in [1.54, 1.807) is 6.92 Å². The molecule has 6 rings (SSSR count). The molecule has 1 amide bonds. The van der Waals surface area contributed by atoms with Gasteiger partial charge in [0.25, 0.3) is 5.91 Å². The van der Waals surface area contributed by atoms with E-state index in [9.17, 15) is 14.7 Å². The molecule has 0 radical (unpaired) electrons. The van der Waals surface area contributed by atoms with Crippen LogP contribution in [0.5, 0.6) is 0 Å². The van der Waals surface area contributed by atoms with Crippen LogP contribution >= 0.6 is 0 Å². The average molecular weight is 614 g/mol. The van der Waals surface area contributed by atoms with Crippen LogP contribution in [-0.4, -0.2) is 83.2 Å². The van der Waals surface area contributed by atoms with Crippen molar-refractivity contribution in [2.75, 3.05) is 32.8 Å². The maximum Gasteiger partial charge on any atom is 0.342 e. The Balaban J connectivity index is 1.56. The Morgan fingerprint density at radius 1 is 1.11 bits per heavy atom. The van der Waals surface area contributed by atoms with Crippen LogP contribution in [0.1, 0.15) is 120 Å². The van der Waals surface area contributed by atoms with Crippen molar-refractivity contribution in [1.82, 2.24) is 9.80 Å². The van der Waals surface area contributed by atoms with Crippen LogP contribution < -0.4 is 0 Å². The third-order valence-electron chi connectivity index (χ3n) is 11.5. The van der Waals surface area contributed by atoms with Crippen LogP contribution in [0.4, 0.5) is 0 Å². The number of nitrogens with zero attached hydrogens (tertiary/aromatic N) is 3. The first-order chi connectivity index (χ1) is 20.5. The van der Waals surface area contributed by atoms with Gasteiger partial charge in [-0.3, -0.25) is 14.7 Å². The molecule has 44 heavy (non-hydrogen) atoms. The number of carbonyl (C=O) groups excluding carboxylic acids is 2. The summed E-state index contributed by atoms with van der Waals surface area (Å²) >= 11 is 0. The van der Waals surface area contributed by atoms with Gasteiger partial charge in [0, 0.05) is 11.5 Å². The summed E-state index contributed by atoms with van der Waals surface area (Å²) in [5.74, 6) is -0.522. The van der Waals surface area contributed by atoms with Crippen molar-refractivity contribution >= 4 is 17.6 Å². The van der Waals surface area contributed by atoms with Crippen molar-refractivity contribution in [2.24, 2.45) is 32.6 Å². The predicted molar refractivity (Wildman–Crippen MR) is 173 cm³/mol. The molecule has 8 nitrogen and oxygen atoms in total. The van der Waals surface area contributed by atoms with Crippen LogP contribution in [0.2, 0.25) is 0 Å². The molecule has 1 N–H and O–H groups in total. The first-order valence-corrected chi connectivity index (χ1v) is 17.4. The molecule has 6 aliphatic rings. The number of ether oxygens (including phenoxy) is 2. The third-order valence-corrected chi connectivity index (χ3v) is 11.5. The summed E-state index contributed by atoms with van der Waals surface area (Å²) in [5.41, 5.74) is -0.588. The highest BCUT2D eigenvalue weighted by Gasteiger charge is 2.68. The SMILES string of the molecule is CCOC(=O)[C@]12CO[C@H](C(C)(C)C)N1C(=O)C(C(CC13CC4CC(C)(CC(C)(C4)C1)C3)=NC(C)CCCN(CC)CC)=C2O. The number of hydrogen-bond donors (Lipinski definition) is 1. The molecule has 5 fully saturated rings. The number of amides is 1. The number of rotatable bonds is 12. The van der Waals surface area contributed by atoms with Crippen LogP contribution in [0.25, 0.3) is 0 Å². The first-order valence-electron chi connectivity index (χ1n) is 17.4. The number of esters is 1. The van der Waals surface area contributed by atoms with Crippen LogP contribution in [0, 0.1) is 27.6 Å². The molecule has 3 unspecified atom stereocenters. The van der Waals surface area contributed by atoms with Crippen molar-refractivity contribution in [3.63, 3.8) is 0 Å². The van der Waals surface area contributed by atoms with Gasteiger partial charge in [-0.15, -0.1) is 0 Å². The highest BCUT2D eigenvalue weighted by Crippen LogP contribution is 2.70. The minimum absolute atomic E-state index is 0.0163. The Kier molecular flexibility index (Phi) is 8.89. The summed E-state index contributed by atoms with van der Waals surface area (Å²) in [6.45, 7) is 22.3. The smallest absolute Gasteiger partial charge is 0.342 e. The first kappa shape index (κ1) is 33.4. The number of hydrogen-bond acceptors (Lipinski definition) is 7. The van der Waals surface area contributed by atoms with E-state index in [0.29, 0.717) is 28.9 Å². The van der Waals surface area contributed by atoms with E-state index >= 15 is 0 Å². The molecular formula is C36H59N3O5. The number of carbonyl (C=O) groups is 2. The van der Waals surface area contributed by atoms with Gasteiger partial charge in [0.1, 0.15) is 17.6 Å². The van der Waals surface area contributed by atoms with Gasteiger partial charge in [0.15, 0.2) is 0 Å². The quantitative estimate of drug-likeness (QED) is 0.195. The Morgan fingerprint density at radius 2 is 1.75 bits per heavy atom. The fraction of sp³-hybridized carbons (Fsp3) is 0.861. The molecule has 1 saturated heterocycles. The second-order valence-corrected chi connectivity index (χ2v) is 16.9. The number of aliphatic imine (C=N–C) groups is 1. The molecule has 0 aromatic heterocycles. The lowest BCUT2D eigenvalue weighted by atomic mass is 9.39. The molecule has 4 aliphatic carbocycles. The molecule has 248 valence electrons. The van der Waals surface area contributed by atoms with E-state index in [2.05, 4.69) is 39.5 Å². The van der Waals surface area contributed by atoms with Gasteiger partial charge in [0.05, 0.1) is 18.9 Å². The molecule has 4 bridgehead atoms. The predicted octanol–water partition coefficient (Wildman–Crippen LogP) is 6.68. The van der Waals surface area contributed by atoms with Crippen molar-refractivity contribution < 1.29 is 24.2 Å². The minimum atomic E-state index is -1.67. The molecule has 5 atom stereocenters. The highest BCUT2D eigenvalue weighted by molar-refractivity contribution is 6.26. The van der Waals surface area contributed by atoms with Crippen LogP contribution in [-0.2, 0) is 19.1 Å². The van der Waals surface area contributed by atoms with Gasteiger partial charge >= 0.3 is 5.97 Å². The van der Waals surface area contributed by atoms with E-state index in [4.69, 9.17) is 14.5 Å². The second-order valence-electron chi connectivity index (χ2n) is 16.9. The summed E-state index contributed by atoms with van der Waals surface area (Å²) in [6.07, 6.45) is 9.15. The summed E-state index contributed by atoms with van der Waals surface area (Å²) in [4.78, 5) is 37.5. The van der Waals surface area contributed by atoms with Gasteiger partial charge in [-0.2, -0.15) is 0 Å². The highest BCUT2D eigenvalue weighted by atomic mass is 16.6. The number of fused-ring (bicyclic) bond motifs is 1. The van der Waals surface area contributed by atoms with E-state index in [1.165, 1.54) is 24.2 Å². The van der Waals surface area contributed by atoms with Crippen LogP contribution in [0.15, 0.2) is 16.3 Å². The van der Waals surface area contributed by atoms with Crippen molar-refractivity contribution in [3.05, 3.63) is 11.3 Å². The zero-order valence-electron chi connectivity index (χ0n) is 29.1. The van der Waals surface area contributed by atoms with Gasteiger partial charge in [-0.25, -0.2) is 4.79 Å². The zero-order chi connectivity index (χ0) is 32.3. The lowest BCUT2D eigenvalue weighted by Gasteiger charge is -2.65. The van der Waals surface area contributed by atoms with Crippen molar-refractivity contribution in [1.29, 1.82) is 0 Å². The fourth-order valence-electron chi connectivity index (χ4n) is 10.8. The third kappa shape index (κ3) is 5.76. The molecular weight excluding hydrogens is 554 g/mol. The van der Waals surface area contributed by atoms with Gasteiger partial charge < -0.3 is 19.5 Å². The molecule has 0 aromatic rings. The maximum absolute atomic E-state index is 14.6. The molecule has 2 heterocycles. The Labute approximate surface area is 266 Å². The number of aliphatic hydroxyl groups is 1. The van der Waals surface area contributed by atoms with Crippen LogP contribution in [0.3, 0.4) is 0 Å². The topological polar surface area (TPSA) is 91.7 Å². The van der Waals surface area contributed by atoms with Gasteiger partial charge in [0.2, 0.25) is 5.54 Å². The normalized spacial score (nSPS) is 37.4. The van der Waals surface area contributed by atoms with Gasteiger partial charge in [-0.1, -0.05) is 48.5 Å². The molecule has 0 aromatic carbocycles. The molecule has 2 aliphatic heterocycles. The Bertz CT molecular complexity index is 1180. The van der Waals surface area contributed by atoms with Crippen molar-refractivity contribution in [2.45, 2.75) is 138 Å². The van der Waals surface area contributed by atoms with E-state index in [0.717, 1.165) is 51.7 Å². The summed E-state index contributed by atoms with van der Waals surface area (Å²) < 4.78 is 11.7. The Morgan fingerprint density at radius 3 is 2.30 bits per heavy atom. The fourth-order valence-corrected chi connectivity index (χ4v) is 10.8. The number of aliphatic hydroxyl groups excluding tert-OH is 1. The van der Waals surface area contributed by atoms with Gasteiger partial charge in [-0.05, 0) is 113 Å². The molecule has 0 spiro atoms. The summed E-state index contributed by atoms with van der Waals surface area (Å²) in [6, 6.07) is -0.0163. The van der Waals surface area contributed by atoms with Crippen molar-refractivity contribution in [3.8, 4) is 0 Å². The maximum atomic E-state index is 14.6. The summed E-state index contributed by atoms with van der Waals surface area (Å²) in [7, 11) is 0. The Hall–Kier alpha value is -1.93. The second kappa shape index (κ2) is 11.7.